The Bertz CT molecular complexity index is 822. The molecule has 2 aliphatic heterocycles. The summed E-state index contributed by atoms with van der Waals surface area (Å²) in [6, 6.07) is 13.5. The molecule has 6 nitrogen and oxygen atoms in total. The van der Waals surface area contributed by atoms with Gasteiger partial charge in [0.05, 0.1) is 11.4 Å². The van der Waals surface area contributed by atoms with Crippen LogP contribution in [-0.2, 0) is 0 Å². The van der Waals surface area contributed by atoms with E-state index in [1.165, 1.54) is 0 Å². The van der Waals surface area contributed by atoms with Crippen LogP contribution in [-0.4, -0.2) is 57.9 Å². The number of fused-ring (bicyclic) bond motifs is 2. The van der Waals surface area contributed by atoms with E-state index >= 15 is 0 Å². The highest BCUT2D eigenvalue weighted by atomic mass is 16.7. The molecular formula is C20H23N3O3. The Morgan fingerprint density at radius 3 is 2.62 bits per heavy atom. The minimum atomic E-state index is -0.0111. The van der Waals surface area contributed by atoms with Crippen LogP contribution >= 0.6 is 0 Å². The fourth-order valence-electron chi connectivity index (χ4n) is 3.37. The molecule has 2 aliphatic rings. The highest BCUT2D eigenvalue weighted by Crippen LogP contribution is 2.36. The summed E-state index contributed by atoms with van der Waals surface area (Å²) >= 11 is 0. The van der Waals surface area contributed by atoms with E-state index in [0.717, 1.165) is 31.0 Å². The molecule has 0 saturated heterocycles. The summed E-state index contributed by atoms with van der Waals surface area (Å²) in [4.78, 5) is 19.5. The molecule has 0 fully saturated rings. The lowest BCUT2D eigenvalue weighted by Gasteiger charge is -2.38. The Hall–Kier alpha value is -2.73. The maximum atomic E-state index is 13.1. The number of hydrogen-bond acceptors (Lipinski definition) is 5. The molecule has 4 rings (SSSR count). The number of para-hydroxylation sites is 2. The predicted octanol–water partition coefficient (Wildman–Crippen LogP) is 2.44. The van der Waals surface area contributed by atoms with Crippen molar-refractivity contribution < 1.29 is 14.3 Å². The molecule has 0 saturated carbocycles. The zero-order valence-corrected chi connectivity index (χ0v) is 15.1. The summed E-state index contributed by atoms with van der Waals surface area (Å²) in [7, 11) is 4.15. The number of hydrogen-bond donors (Lipinski definition) is 0. The number of amides is 1. The van der Waals surface area contributed by atoms with E-state index in [9.17, 15) is 4.79 Å². The average Bonchev–Trinajstić information content (AvgIpc) is 3.13. The lowest BCUT2D eigenvalue weighted by molar-refractivity contribution is 0.0986. The summed E-state index contributed by atoms with van der Waals surface area (Å²) < 4.78 is 10.7. The predicted molar refractivity (Wildman–Crippen MR) is 101 cm³/mol. The monoisotopic (exact) mass is 353 g/mol. The highest BCUT2D eigenvalue weighted by molar-refractivity contribution is 6.08. The number of benzene rings is 2. The van der Waals surface area contributed by atoms with E-state index in [1.807, 2.05) is 23.1 Å². The first-order chi connectivity index (χ1) is 12.6. The summed E-state index contributed by atoms with van der Waals surface area (Å²) in [6.07, 6.45) is 0. The van der Waals surface area contributed by atoms with Gasteiger partial charge in [0.1, 0.15) is 0 Å². The van der Waals surface area contributed by atoms with Gasteiger partial charge in [-0.2, -0.15) is 0 Å². The number of likely N-dealkylation sites (N-methyl/N-ethyl adjacent to an activating group) is 1. The van der Waals surface area contributed by atoms with Crippen molar-refractivity contribution in [1.82, 2.24) is 4.90 Å². The molecule has 0 unspecified atom stereocenters. The van der Waals surface area contributed by atoms with Crippen LogP contribution in [0.25, 0.3) is 0 Å². The van der Waals surface area contributed by atoms with Crippen molar-refractivity contribution in [1.29, 1.82) is 0 Å². The van der Waals surface area contributed by atoms with E-state index in [-0.39, 0.29) is 12.7 Å². The van der Waals surface area contributed by atoms with Crippen molar-refractivity contribution >= 4 is 17.3 Å². The first-order valence-electron chi connectivity index (χ1n) is 8.84. The van der Waals surface area contributed by atoms with Crippen LogP contribution < -0.4 is 19.3 Å². The van der Waals surface area contributed by atoms with Crippen LogP contribution in [0.1, 0.15) is 10.4 Å². The van der Waals surface area contributed by atoms with Crippen molar-refractivity contribution in [2.24, 2.45) is 0 Å². The number of carbonyl (C=O) groups is 1. The largest absolute Gasteiger partial charge is 0.454 e. The molecule has 2 heterocycles. The van der Waals surface area contributed by atoms with Crippen molar-refractivity contribution in [3.8, 4) is 11.5 Å². The van der Waals surface area contributed by atoms with Gasteiger partial charge in [0.15, 0.2) is 11.5 Å². The molecule has 26 heavy (non-hydrogen) atoms. The Morgan fingerprint density at radius 1 is 1.04 bits per heavy atom. The van der Waals surface area contributed by atoms with Crippen LogP contribution in [0.3, 0.4) is 0 Å². The molecule has 0 spiro atoms. The minimum absolute atomic E-state index is 0.0111. The van der Waals surface area contributed by atoms with Crippen molar-refractivity contribution in [3.05, 3.63) is 48.0 Å². The van der Waals surface area contributed by atoms with Gasteiger partial charge >= 0.3 is 0 Å². The highest BCUT2D eigenvalue weighted by Gasteiger charge is 2.28. The van der Waals surface area contributed by atoms with E-state index in [4.69, 9.17) is 9.47 Å². The second-order valence-electron chi connectivity index (χ2n) is 6.80. The second kappa shape index (κ2) is 6.88. The van der Waals surface area contributed by atoms with Gasteiger partial charge in [-0.05, 0) is 44.4 Å². The number of rotatable bonds is 4. The molecular weight excluding hydrogens is 330 g/mol. The van der Waals surface area contributed by atoms with Crippen LogP contribution in [0.5, 0.6) is 11.5 Å². The standard InChI is InChI=1S/C20H23N3O3/c1-21(2)9-10-22-11-12-23(17-6-4-3-5-16(17)22)20(24)15-7-8-18-19(13-15)26-14-25-18/h3-8,13H,9-12,14H2,1-2H3. The Morgan fingerprint density at radius 2 is 1.81 bits per heavy atom. The topological polar surface area (TPSA) is 45.2 Å². The fourth-order valence-corrected chi connectivity index (χ4v) is 3.37. The van der Waals surface area contributed by atoms with Crippen LogP contribution in [0.2, 0.25) is 0 Å². The van der Waals surface area contributed by atoms with Gasteiger partial charge in [-0.3, -0.25) is 4.79 Å². The number of nitrogens with zero attached hydrogens (tertiary/aromatic N) is 3. The summed E-state index contributed by atoms with van der Waals surface area (Å²) in [5, 5.41) is 0. The van der Waals surface area contributed by atoms with E-state index in [1.54, 1.807) is 18.2 Å². The van der Waals surface area contributed by atoms with Gasteiger partial charge in [-0.1, -0.05) is 12.1 Å². The summed E-state index contributed by atoms with van der Waals surface area (Å²) in [5.41, 5.74) is 2.68. The third kappa shape index (κ3) is 3.08. The number of ether oxygens (including phenoxy) is 2. The van der Waals surface area contributed by atoms with Crippen LogP contribution in [0.15, 0.2) is 42.5 Å². The SMILES string of the molecule is CN(C)CCN1CCN(C(=O)c2ccc3c(c2)OCO3)c2ccccc21. The second-order valence-corrected chi connectivity index (χ2v) is 6.80. The Balaban J connectivity index is 1.60. The number of carbonyl (C=O) groups excluding carboxylic acids is 1. The lowest BCUT2D eigenvalue weighted by Crippen LogP contribution is -2.45. The maximum Gasteiger partial charge on any atom is 0.258 e. The lowest BCUT2D eigenvalue weighted by atomic mass is 10.1. The summed E-state index contributed by atoms with van der Waals surface area (Å²) in [6.45, 7) is 3.61. The van der Waals surface area contributed by atoms with Crippen molar-refractivity contribution in [2.45, 2.75) is 0 Å². The maximum absolute atomic E-state index is 13.1. The molecule has 0 atom stereocenters. The molecule has 1 amide bonds. The molecule has 136 valence electrons. The van der Waals surface area contributed by atoms with Crippen LogP contribution in [0, 0.1) is 0 Å². The Labute approximate surface area is 153 Å². The Kier molecular flexibility index (Phi) is 4.42. The van der Waals surface area contributed by atoms with Crippen molar-refractivity contribution in [3.63, 3.8) is 0 Å². The smallest absolute Gasteiger partial charge is 0.258 e. The van der Waals surface area contributed by atoms with Crippen LogP contribution in [0.4, 0.5) is 11.4 Å². The molecule has 2 aromatic carbocycles. The zero-order valence-electron chi connectivity index (χ0n) is 15.1. The summed E-state index contributed by atoms with van der Waals surface area (Å²) in [5.74, 6) is 1.31. The van der Waals surface area contributed by atoms with Gasteiger partial charge < -0.3 is 24.2 Å². The van der Waals surface area contributed by atoms with Gasteiger partial charge in [-0.15, -0.1) is 0 Å². The van der Waals surface area contributed by atoms with Gasteiger partial charge in [0, 0.05) is 31.7 Å². The minimum Gasteiger partial charge on any atom is -0.454 e. The number of anilines is 2. The first-order valence-corrected chi connectivity index (χ1v) is 8.84. The van der Waals surface area contributed by atoms with Gasteiger partial charge in [-0.25, -0.2) is 0 Å². The van der Waals surface area contributed by atoms with Gasteiger partial charge in [0.25, 0.3) is 5.91 Å². The quantitative estimate of drug-likeness (QED) is 0.845. The molecule has 2 aromatic rings. The molecule has 0 radical (unpaired) electrons. The average molecular weight is 353 g/mol. The molecule has 0 bridgehead atoms. The molecule has 0 aliphatic carbocycles. The zero-order chi connectivity index (χ0) is 18.1. The third-order valence-electron chi connectivity index (χ3n) is 4.79. The normalized spacial score (nSPS) is 15.3. The molecule has 6 heteroatoms. The molecule has 0 aromatic heterocycles. The first kappa shape index (κ1) is 16.7. The van der Waals surface area contributed by atoms with E-state index < -0.39 is 0 Å². The van der Waals surface area contributed by atoms with Crippen molar-refractivity contribution in [2.75, 3.05) is 56.9 Å². The molecule has 0 N–H and O–H groups in total. The van der Waals surface area contributed by atoms with E-state index in [2.05, 4.69) is 30.0 Å². The third-order valence-corrected chi connectivity index (χ3v) is 4.79. The van der Waals surface area contributed by atoms with E-state index in [0.29, 0.717) is 23.6 Å². The fraction of sp³-hybridized carbons (Fsp3) is 0.350. The van der Waals surface area contributed by atoms with Gasteiger partial charge in [0.2, 0.25) is 6.79 Å².